The lowest BCUT2D eigenvalue weighted by Gasteiger charge is -2.22. The molecule has 1 aromatic carbocycles. The van der Waals surface area contributed by atoms with Crippen LogP contribution < -0.4 is 0 Å². The third kappa shape index (κ3) is 2.13. The molecular weight excluding hydrogens is 204 g/mol. The van der Waals surface area contributed by atoms with Crippen LogP contribution in [0.5, 0.6) is 0 Å². The van der Waals surface area contributed by atoms with E-state index in [1.165, 1.54) is 5.56 Å². The van der Waals surface area contributed by atoms with Gasteiger partial charge < -0.3 is 4.74 Å². The number of cyclic esters (lactones) is 2. The van der Waals surface area contributed by atoms with Gasteiger partial charge in [0.1, 0.15) is 0 Å². The molecule has 1 aliphatic rings. The largest absolute Gasteiger partial charge is 0.393 e. The predicted octanol–water partition coefficient (Wildman–Crippen LogP) is 2.20. The molecule has 0 aromatic heterocycles. The van der Waals surface area contributed by atoms with E-state index in [0.29, 0.717) is 12.8 Å². The molecule has 0 N–H and O–H groups in total. The average Bonchev–Trinajstić information content (AvgIpc) is 2.27. The van der Waals surface area contributed by atoms with Crippen molar-refractivity contribution in [2.75, 3.05) is 0 Å². The van der Waals surface area contributed by atoms with Gasteiger partial charge in [-0.05, 0) is 17.5 Å². The highest BCUT2D eigenvalue weighted by Gasteiger charge is 2.29. The van der Waals surface area contributed by atoms with Crippen molar-refractivity contribution in [1.82, 2.24) is 0 Å². The van der Waals surface area contributed by atoms with Gasteiger partial charge in [-0.25, -0.2) is 0 Å². The summed E-state index contributed by atoms with van der Waals surface area (Å²) in [6, 6.07) is 7.96. The zero-order valence-electron chi connectivity index (χ0n) is 9.23. The maximum Gasteiger partial charge on any atom is 0.314 e. The van der Waals surface area contributed by atoms with Gasteiger partial charge in [-0.15, -0.1) is 0 Å². The number of hydrogen-bond donors (Lipinski definition) is 0. The monoisotopic (exact) mass is 218 g/mol. The maximum absolute atomic E-state index is 11.2. The van der Waals surface area contributed by atoms with E-state index < -0.39 is 11.9 Å². The summed E-state index contributed by atoms with van der Waals surface area (Å²) in [6.45, 7) is 2.07. The molecule has 0 saturated carbocycles. The number of carbonyl (C=O) groups excluding carboxylic acids is 2. The molecule has 1 heterocycles. The van der Waals surface area contributed by atoms with Crippen LogP contribution in [0.25, 0.3) is 0 Å². The number of benzene rings is 1. The lowest BCUT2D eigenvalue weighted by molar-refractivity contribution is -0.163. The zero-order chi connectivity index (χ0) is 11.5. The fraction of sp³-hybridized carbons (Fsp3) is 0.385. The van der Waals surface area contributed by atoms with Crippen molar-refractivity contribution in [3.05, 3.63) is 35.4 Å². The second-order valence-corrected chi connectivity index (χ2v) is 4.00. The summed E-state index contributed by atoms with van der Waals surface area (Å²) in [7, 11) is 0. The Morgan fingerprint density at radius 3 is 2.44 bits per heavy atom. The highest BCUT2D eigenvalue weighted by atomic mass is 16.6. The van der Waals surface area contributed by atoms with Crippen LogP contribution in [0.4, 0.5) is 0 Å². The van der Waals surface area contributed by atoms with Gasteiger partial charge in [0.05, 0.1) is 12.8 Å². The van der Waals surface area contributed by atoms with Gasteiger partial charge in [0.25, 0.3) is 0 Å². The number of rotatable bonds is 2. The van der Waals surface area contributed by atoms with Crippen LogP contribution in [0.2, 0.25) is 0 Å². The van der Waals surface area contributed by atoms with Crippen LogP contribution in [-0.4, -0.2) is 11.9 Å². The molecule has 1 fully saturated rings. The van der Waals surface area contributed by atoms with Gasteiger partial charge in [-0.3, -0.25) is 9.59 Å². The Labute approximate surface area is 94.4 Å². The van der Waals surface area contributed by atoms with Crippen LogP contribution in [-0.2, 0) is 20.7 Å². The summed E-state index contributed by atoms with van der Waals surface area (Å²) >= 11 is 0. The van der Waals surface area contributed by atoms with E-state index in [4.69, 9.17) is 0 Å². The standard InChI is InChI=1S/C13H14O3/c1-2-9-5-3-4-6-11(9)10-7-12(14)16-13(15)8-10/h3-6,10H,2,7-8H2,1H3. The third-order valence-electron chi connectivity index (χ3n) is 2.93. The summed E-state index contributed by atoms with van der Waals surface area (Å²) in [5.41, 5.74) is 2.31. The van der Waals surface area contributed by atoms with Gasteiger partial charge in [0.2, 0.25) is 0 Å². The Hall–Kier alpha value is -1.64. The fourth-order valence-corrected chi connectivity index (χ4v) is 2.16. The first-order chi connectivity index (χ1) is 7.70. The molecule has 0 unspecified atom stereocenters. The Morgan fingerprint density at radius 2 is 1.81 bits per heavy atom. The third-order valence-corrected chi connectivity index (χ3v) is 2.93. The second kappa shape index (κ2) is 4.47. The van der Waals surface area contributed by atoms with Crippen molar-refractivity contribution >= 4 is 11.9 Å². The van der Waals surface area contributed by atoms with Gasteiger partial charge in [0, 0.05) is 5.92 Å². The van der Waals surface area contributed by atoms with Crippen molar-refractivity contribution in [3.63, 3.8) is 0 Å². The summed E-state index contributed by atoms with van der Waals surface area (Å²) in [4.78, 5) is 22.4. The van der Waals surface area contributed by atoms with Gasteiger partial charge in [-0.1, -0.05) is 31.2 Å². The molecule has 84 valence electrons. The van der Waals surface area contributed by atoms with E-state index in [-0.39, 0.29) is 5.92 Å². The molecule has 0 amide bonds. The fourth-order valence-electron chi connectivity index (χ4n) is 2.16. The minimum Gasteiger partial charge on any atom is -0.393 e. The maximum atomic E-state index is 11.2. The smallest absolute Gasteiger partial charge is 0.314 e. The Kier molecular flexibility index (Phi) is 3.04. The van der Waals surface area contributed by atoms with Gasteiger partial charge in [0.15, 0.2) is 0 Å². The van der Waals surface area contributed by atoms with Crippen LogP contribution in [0, 0.1) is 0 Å². The molecule has 0 bridgehead atoms. The molecule has 1 saturated heterocycles. The normalized spacial score (nSPS) is 17.3. The first-order valence-electron chi connectivity index (χ1n) is 5.52. The number of aryl methyl sites for hydroxylation is 1. The van der Waals surface area contributed by atoms with E-state index >= 15 is 0 Å². The lowest BCUT2D eigenvalue weighted by Crippen LogP contribution is -2.24. The number of esters is 2. The molecule has 0 radical (unpaired) electrons. The minimum absolute atomic E-state index is 0.00935. The number of ether oxygens (including phenoxy) is 1. The molecule has 0 spiro atoms. The van der Waals surface area contributed by atoms with Crippen molar-refractivity contribution < 1.29 is 14.3 Å². The van der Waals surface area contributed by atoms with Crippen molar-refractivity contribution in [2.45, 2.75) is 32.1 Å². The van der Waals surface area contributed by atoms with Crippen LogP contribution in [0.3, 0.4) is 0 Å². The first kappa shape index (κ1) is 10.9. The van der Waals surface area contributed by atoms with E-state index in [1.54, 1.807) is 0 Å². The Morgan fingerprint density at radius 1 is 1.19 bits per heavy atom. The Bertz CT molecular complexity index is 407. The predicted molar refractivity (Wildman–Crippen MR) is 58.9 cm³/mol. The summed E-state index contributed by atoms with van der Waals surface area (Å²) in [5, 5.41) is 0. The Balaban J connectivity index is 2.29. The summed E-state index contributed by atoms with van der Waals surface area (Å²) in [5.74, 6) is -0.829. The molecular formula is C13H14O3. The molecule has 1 aliphatic heterocycles. The van der Waals surface area contributed by atoms with Gasteiger partial charge in [-0.2, -0.15) is 0 Å². The van der Waals surface area contributed by atoms with E-state index in [2.05, 4.69) is 11.7 Å². The minimum atomic E-state index is -0.410. The molecule has 3 heteroatoms. The van der Waals surface area contributed by atoms with Crippen molar-refractivity contribution in [1.29, 1.82) is 0 Å². The van der Waals surface area contributed by atoms with Crippen LogP contribution >= 0.6 is 0 Å². The quantitative estimate of drug-likeness (QED) is 0.564. The highest BCUT2D eigenvalue weighted by Crippen LogP contribution is 2.30. The van der Waals surface area contributed by atoms with Crippen molar-refractivity contribution in [3.8, 4) is 0 Å². The summed E-state index contributed by atoms with van der Waals surface area (Å²) in [6.07, 6.45) is 1.53. The lowest BCUT2D eigenvalue weighted by atomic mass is 9.87. The molecule has 1 aromatic rings. The molecule has 16 heavy (non-hydrogen) atoms. The van der Waals surface area contributed by atoms with Crippen LogP contribution in [0.1, 0.15) is 36.8 Å². The topological polar surface area (TPSA) is 43.4 Å². The zero-order valence-corrected chi connectivity index (χ0v) is 9.23. The van der Waals surface area contributed by atoms with Crippen LogP contribution in [0.15, 0.2) is 24.3 Å². The van der Waals surface area contributed by atoms with Crippen molar-refractivity contribution in [2.24, 2.45) is 0 Å². The first-order valence-corrected chi connectivity index (χ1v) is 5.52. The number of hydrogen-bond acceptors (Lipinski definition) is 3. The second-order valence-electron chi connectivity index (χ2n) is 4.00. The van der Waals surface area contributed by atoms with Gasteiger partial charge >= 0.3 is 11.9 Å². The summed E-state index contributed by atoms with van der Waals surface area (Å²) < 4.78 is 4.53. The molecule has 2 rings (SSSR count). The van der Waals surface area contributed by atoms with E-state index in [9.17, 15) is 9.59 Å². The molecule has 0 atom stereocenters. The number of carbonyl (C=O) groups is 2. The SMILES string of the molecule is CCc1ccccc1C1CC(=O)OC(=O)C1. The molecule has 3 nitrogen and oxygen atoms in total. The van der Waals surface area contributed by atoms with E-state index in [0.717, 1.165) is 12.0 Å². The molecule has 0 aliphatic carbocycles. The van der Waals surface area contributed by atoms with E-state index in [1.807, 2.05) is 24.3 Å². The highest BCUT2D eigenvalue weighted by molar-refractivity contribution is 5.89. The average molecular weight is 218 g/mol.